The highest BCUT2D eigenvalue weighted by Crippen LogP contribution is 2.23. The summed E-state index contributed by atoms with van der Waals surface area (Å²) in [7, 11) is 1.55. The molecule has 0 amide bonds. The van der Waals surface area contributed by atoms with Gasteiger partial charge in [0.15, 0.2) is 0 Å². The van der Waals surface area contributed by atoms with Gasteiger partial charge in [0.2, 0.25) is 0 Å². The van der Waals surface area contributed by atoms with Crippen molar-refractivity contribution in [3.8, 4) is 0 Å². The van der Waals surface area contributed by atoms with Crippen LogP contribution in [0.3, 0.4) is 0 Å². The predicted molar refractivity (Wildman–Crippen MR) is 41.5 cm³/mol. The lowest BCUT2D eigenvalue weighted by molar-refractivity contribution is -0.143. The van der Waals surface area contributed by atoms with E-state index in [2.05, 4.69) is 0 Å². The van der Waals surface area contributed by atoms with E-state index in [0.29, 0.717) is 0 Å². The highest BCUT2D eigenvalue weighted by atomic mass is 16.7. The van der Waals surface area contributed by atoms with Gasteiger partial charge in [0.1, 0.15) is 19.0 Å². The molecule has 1 fully saturated rings. The summed E-state index contributed by atoms with van der Waals surface area (Å²) in [6.07, 6.45) is -0.333. The van der Waals surface area contributed by atoms with Crippen molar-refractivity contribution in [3.05, 3.63) is 0 Å². The van der Waals surface area contributed by atoms with Crippen molar-refractivity contribution in [2.24, 2.45) is 5.92 Å². The van der Waals surface area contributed by atoms with Crippen molar-refractivity contribution < 1.29 is 19.0 Å². The van der Waals surface area contributed by atoms with Crippen molar-refractivity contribution in [2.75, 3.05) is 13.9 Å². The van der Waals surface area contributed by atoms with Crippen molar-refractivity contribution in [2.45, 2.75) is 26.1 Å². The first-order valence-corrected chi connectivity index (χ1v) is 3.98. The fraction of sp³-hybridized carbons (Fsp3) is 0.875. The molecule has 3 atom stereocenters. The Morgan fingerprint density at radius 1 is 1.50 bits per heavy atom. The molecule has 1 saturated heterocycles. The van der Waals surface area contributed by atoms with Crippen LogP contribution in [0.2, 0.25) is 0 Å². The first kappa shape index (κ1) is 9.48. The zero-order chi connectivity index (χ0) is 9.14. The van der Waals surface area contributed by atoms with Crippen molar-refractivity contribution in [1.29, 1.82) is 0 Å². The second kappa shape index (κ2) is 3.87. The number of carbonyl (C=O) groups is 1. The molecular formula is C8H14O4. The first-order valence-electron chi connectivity index (χ1n) is 3.98. The van der Waals surface area contributed by atoms with Crippen LogP contribution in [0.5, 0.6) is 0 Å². The van der Waals surface area contributed by atoms with Gasteiger partial charge in [-0.1, -0.05) is 0 Å². The fourth-order valence-corrected chi connectivity index (χ4v) is 1.32. The van der Waals surface area contributed by atoms with E-state index >= 15 is 0 Å². The Balaban J connectivity index is 2.45. The monoisotopic (exact) mass is 174 g/mol. The molecule has 0 radical (unpaired) electrons. The average Bonchev–Trinajstić information content (AvgIpc) is 2.25. The normalized spacial score (nSPS) is 35.2. The highest BCUT2D eigenvalue weighted by molar-refractivity contribution is 5.75. The maximum atomic E-state index is 11.0. The van der Waals surface area contributed by atoms with Crippen LogP contribution in [0, 0.1) is 5.92 Å². The van der Waals surface area contributed by atoms with Crippen LogP contribution < -0.4 is 0 Å². The largest absolute Gasteiger partial charge is 0.460 e. The number of carbonyl (C=O) groups excluding carboxylic acids is 1. The molecule has 1 heterocycles. The average molecular weight is 174 g/mol. The maximum Gasteiger partial charge on any atom is 0.311 e. The quantitative estimate of drug-likeness (QED) is 0.463. The van der Waals surface area contributed by atoms with Crippen LogP contribution in [0.4, 0.5) is 0 Å². The van der Waals surface area contributed by atoms with Gasteiger partial charge in [-0.3, -0.25) is 4.79 Å². The summed E-state index contributed by atoms with van der Waals surface area (Å²) in [4.78, 5) is 11.0. The number of methoxy groups -OCH3 is 1. The summed E-state index contributed by atoms with van der Waals surface area (Å²) in [5.74, 6) is -0.376. The number of hydrogen-bond donors (Lipinski definition) is 0. The summed E-state index contributed by atoms with van der Waals surface area (Å²) in [5, 5.41) is 0. The Hall–Kier alpha value is -0.610. The molecule has 1 rings (SSSR count). The number of rotatable bonds is 3. The van der Waals surface area contributed by atoms with Gasteiger partial charge in [-0.2, -0.15) is 0 Å². The second-order valence-electron chi connectivity index (χ2n) is 2.97. The molecular weight excluding hydrogens is 160 g/mol. The van der Waals surface area contributed by atoms with E-state index in [1.165, 1.54) is 0 Å². The van der Waals surface area contributed by atoms with Crippen LogP contribution in [0.25, 0.3) is 0 Å². The van der Waals surface area contributed by atoms with Gasteiger partial charge in [0.25, 0.3) is 0 Å². The first-order chi connectivity index (χ1) is 5.66. The summed E-state index contributed by atoms with van der Waals surface area (Å²) in [5.41, 5.74) is 0. The fourth-order valence-electron chi connectivity index (χ4n) is 1.32. The molecule has 0 spiro atoms. The van der Waals surface area contributed by atoms with Crippen molar-refractivity contribution in [3.63, 3.8) is 0 Å². The highest BCUT2D eigenvalue weighted by Gasteiger charge is 2.39. The van der Waals surface area contributed by atoms with Gasteiger partial charge in [0.05, 0.1) is 5.92 Å². The molecule has 1 aliphatic rings. The maximum absolute atomic E-state index is 11.0. The van der Waals surface area contributed by atoms with E-state index in [-0.39, 0.29) is 30.9 Å². The zero-order valence-electron chi connectivity index (χ0n) is 7.57. The van der Waals surface area contributed by atoms with Gasteiger partial charge in [-0.15, -0.1) is 0 Å². The Bertz CT molecular complexity index is 168. The molecule has 4 heteroatoms. The van der Waals surface area contributed by atoms with Crippen LogP contribution in [-0.2, 0) is 19.0 Å². The molecule has 1 aliphatic heterocycles. The lowest BCUT2D eigenvalue weighted by Gasteiger charge is -2.15. The molecule has 0 aromatic rings. The predicted octanol–water partition coefficient (Wildman–Crippen LogP) is 0.557. The molecule has 0 bridgehead atoms. The van der Waals surface area contributed by atoms with Gasteiger partial charge in [0, 0.05) is 7.11 Å². The number of hydrogen-bond acceptors (Lipinski definition) is 4. The van der Waals surface area contributed by atoms with E-state index in [9.17, 15) is 4.79 Å². The van der Waals surface area contributed by atoms with Crippen LogP contribution in [0.15, 0.2) is 0 Å². The third-order valence-electron chi connectivity index (χ3n) is 2.01. The molecule has 12 heavy (non-hydrogen) atoms. The molecule has 0 saturated carbocycles. The van der Waals surface area contributed by atoms with Crippen molar-refractivity contribution >= 4 is 5.97 Å². The molecule has 0 aromatic heterocycles. The van der Waals surface area contributed by atoms with E-state index in [1.54, 1.807) is 14.0 Å². The Labute approximate surface area is 71.8 Å². The minimum atomic E-state index is -0.191. The number of cyclic esters (lactones) is 1. The minimum absolute atomic E-state index is 0.164. The molecule has 0 N–H and O–H groups in total. The van der Waals surface area contributed by atoms with Crippen molar-refractivity contribution in [1.82, 2.24) is 0 Å². The van der Waals surface area contributed by atoms with Gasteiger partial charge >= 0.3 is 5.97 Å². The third-order valence-corrected chi connectivity index (χ3v) is 2.01. The summed E-state index contributed by atoms with van der Waals surface area (Å²) < 4.78 is 15.0. The van der Waals surface area contributed by atoms with E-state index < -0.39 is 0 Å². The Morgan fingerprint density at radius 3 is 2.58 bits per heavy atom. The topological polar surface area (TPSA) is 44.8 Å². The SMILES string of the molecule is COCO[C@@H]1[C@H](C)C(=O)O[C@@H]1C. The number of ether oxygens (including phenoxy) is 3. The smallest absolute Gasteiger partial charge is 0.311 e. The Kier molecular flexibility index (Phi) is 3.05. The van der Waals surface area contributed by atoms with Gasteiger partial charge in [-0.05, 0) is 13.8 Å². The third kappa shape index (κ3) is 1.76. The summed E-state index contributed by atoms with van der Waals surface area (Å²) in [6.45, 7) is 3.82. The molecule has 4 nitrogen and oxygen atoms in total. The molecule has 0 aliphatic carbocycles. The van der Waals surface area contributed by atoms with E-state index in [1.807, 2.05) is 6.92 Å². The lowest BCUT2D eigenvalue weighted by Crippen LogP contribution is -2.27. The second-order valence-corrected chi connectivity index (χ2v) is 2.97. The van der Waals surface area contributed by atoms with Crippen LogP contribution in [0.1, 0.15) is 13.8 Å². The van der Waals surface area contributed by atoms with E-state index in [4.69, 9.17) is 14.2 Å². The molecule has 70 valence electrons. The molecule has 0 aromatic carbocycles. The minimum Gasteiger partial charge on any atom is -0.460 e. The Morgan fingerprint density at radius 2 is 2.17 bits per heavy atom. The summed E-state index contributed by atoms with van der Waals surface area (Å²) >= 11 is 0. The van der Waals surface area contributed by atoms with Crippen LogP contribution >= 0.6 is 0 Å². The lowest BCUT2D eigenvalue weighted by atomic mass is 10.0. The molecule has 0 unspecified atom stereocenters. The van der Waals surface area contributed by atoms with E-state index in [0.717, 1.165) is 0 Å². The summed E-state index contributed by atoms with van der Waals surface area (Å²) in [6, 6.07) is 0. The van der Waals surface area contributed by atoms with Crippen LogP contribution in [-0.4, -0.2) is 32.1 Å². The van der Waals surface area contributed by atoms with Gasteiger partial charge < -0.3 is 14.2 Å². The number of esters is 1. The zero-order valence-corrected chi connectivity index (χ0v) is 7.57. The standard InChI is InChI=1S/C8H14O4/c1-5-7(11-4-10-3)6(2)12-8(5)9/h5-7H,4H2,1-3H3/t5-,6+,7+/m0/s1. The van der Waals surface area contributed by atoms with Gasteiger partial charge in [-0.25, -0.2) is 0 Å².